The Hall–Kier alpha value is -2.09. The molecule has 3 aromatic rings. The summed E-state index contributed by atoms with van der Waals surface area (Å²) < 4.78 is 6.33. The highest BCUT2D eigenvalue weighted by Crippen LogP contribution is 2.31. The minimum absolute atomic E-state index is 0.131. The van der Waals surface area contributed by atoms with Crippen molar-refractivity contribution in [2.24, 2.45) is 0 Å². The van der Waals surface area contributed by atoms with Gasteiger partial charge in [-0.25, -0.2) is 4.98 Å². The molecule has 30 heavy (non-hydrogen) atoms. The number of rotatable bonds is 10. The third kappa shape index (κ3) is 5.97. The van der Waals surface area contributed by atoms with Crippen LogP contribution in [-0.2, 0) is 4.79 Å². The summed E-state index contributed by atoms with van der Waals surface area (Å²) in [6.07, 6.45) is 1.40. The first-order valence-corrected chi connectivity index (χ1v) is 11.9. The molecule has 0 fully saturated rings. The van der Waals surface area contributed by atoms with E-state index in [1.54, 1.807) is 30.2 Å². The lowest BCUT2D eigenvalue weighted by Gasteiger charge is -2.21. The molecule has 0 N–H and O–H groups in total. The lowest BCUT2D eigenvalue weighted by atomic mass is 10.2. The molecule has 0 spiro atoms. The van der Waals surface area contributed by atoms with E-state index in [1.165, 1.54) is 0 Å². The number of fused-ring (bicyclic) bond motifs is 1. The van der Waals surface area contributed by atoms with Crippen molar-refractivity contribution in [3.8, 4) is 5.75 Å². The van der Waals surface area contributed by atoms with E-state index in [0.717, 1.165) is 50.3 Å². The molecule has 2 aromatic carbocycles. The number of thioether (sulfide) groups is 1. The third-order valence-corrected chi connectivity index (χ3v) is 6.83. The highest BCUT2D eigenvalue weighted by molar-refractivity contribution is 7.99. The van der Waals surface area contributed by atoms with Gasteiger partial charge in [-0.15, -0.1) is 11.8 Å². The van der Waals surface area contributed by atoms with E-state index in [-0.39, 0.29) is 5.91 Å². The number of hydrogen-bond acceptors (Lipinski definition) is 6. The van der Waals surface area contributed by atoms with E-state index in [4.69, 9.17) is 9.72 Å². The summed E-state index contributed by atoms with van der Waals surface area (Å²) in [5.41, 5.74) is 2.14. The molecule has 160 valence electrons. The van der Waals surface area contributed by atoms with Crippen LogP contribution in [0.4, 0.5) is 5.13 Å². The molecule has 0 saturated carbocycles. The van der Waals surface area contributed by atoms with Crippen molar-refractivity contribution in [2.75, 3.05) is 44.9 Å². The second kappa shape index (κ2) is 10.8. The van der Waals surface area contributed by atoms with Crippen molar-refractivity contribution in [3.05, 3.63) is 48.0 Å². The Morgan fingerprint density at radius 2 is 1.90 bits per heavy atom. The molecule has 0 saturated heterocycles. The number of nitrogens with zero attached hydrogens (tertiary/aromatic N) is 3. The molecule has 0 radical (unpaired) electrons. The number of aromatic nitrogens is 1. The Bertz CT molecular complexity index is 970. The Kier molecular flexibility index (Phi) is 8.13. The summed E-state index contributed by atoms with van der Waals surface area (Å²) in [4.78, 5) is 23.1. The smallest absolute Gasteiger partial charge is 0.229 e. The van der Waals surface area contributed by atoms with Gasteiger partial charge in [-0.2, -0.15) is 0 Å². The van der Waals surface area contributed by atoms with E-state index in [0.29, 0.717) is 13.0 Å². The lowest BCUT2D eigenvalue weighted by molar-refractivity contribution is -0.118. The largest absolute Gasteiger partial charge is 0.497 e. The van der Waals surface area contributed by atoms with Crippen molar-refractivity contribution in [1.82, 2.24) is 9.88 Å². The first kappa shape index (κ1) is 22.6. The fourth-order valence-electron chi connectivity index (χ4n) is 3.13. The Morgan fingerprint density at radius 3 is 2.57 bits per heavy atom. The van der Waals surface area contributed by atoms with Crippen LogP contribution in [0.1, 0.15) is 18.4 Å². The minimum atomic E-state index is 0.131. The molecule has 0 unspecified atom stereocenters. The van der Waals surface area contributed by atoms with Crippen LogP contribution in [0, 0.1) is 6.92 Å². The number of ether oxygens (including phenoxy) is 1. The molecule has 1 aromatic heterocycles. The molecule has 0 aliphatic heterocycles. The van der Waals surface area contributed by atoms with Crippen molar-refractivity contribution in [2.45, 2.75) is 24.7 Å². The summed E-state index contributed by atoms with van der Waals surface area (Å²) in [7, 11) is 5.77. The predicted octanol–water partition coefficient (Wildman–Crippen LogP) is 5.08. The van der Waals surface area contributed by atoms with Gasteiger partial charge in [0.25, 0.3) is 0 Å². The second-order valence-corrected chi connectivity index (χ2v) is 9.57. The summed E-state index contributed by atoms with van der Waals surface area (Å²) in [6.45, 7) is 3.69. The van der Waals surface area contributed by atoms with Gasteiger partial charge in [-0.3, -0.25) is 9.69 Å². The van der Waals surface area contributed by atoms with Crippen LogP contribution < -0.4 is 9.64 Å². The zero-order valence-corrected chi connectivity index (χ0v) is 19.7. The van der Waals surface area contributed by atoms with Crippen LogP contribution in [-0.4, -0.2) is 55.8 Å². The molecule has 0 bridgehead atoms. The number of carbonyl (C=O) groups is 1. The molecule has 5 nitrogen and oxygen atoms in total. The first-order valence-electron chi connectivity index (χ1n) is 10.1. The van der Waals surface area contributed by atoms with Crippen LogP contribution in [0.5, 0.6) is 5.75 Å². The second-order valence-electron chi connectivity index (χ2n) is 7.39. The molecule has 3 rings (SSSR count). The van der Waals surface area contributed by atoms with Gasteiger partial charge in [0.2, 0.25) is 5.91 Å². The average molecular weight is 444 g/mol. The molecule has 1 amide bonds. The van der Waals surface area contributed by atoms with Gasteiger partial charge in [-0.05, 0) is 69.9 Å². The number of carbonyl (C=O) groups excluding carboxylic acids is 1. The van der Waals surface area contributed by atoms with Gasteiger partial charge in [-0.1, -0.05) is 23.5 Å². The van der Waals surface area contributed by atoms with Crippen LogP contribution in [0.2, 0.25) is 0 Å². The van der Waals surface area contributed by atoms with Gasteiger partial charge in [0, 0.05) is 23.6 Å². The fraction of sp³-hybridized carbons (Fsp3) is 0.391. The summed E-state index contributed by atoms with van der Waals surface area (Å²) in [5.74, 6) is 1.71. The standard InChI is InChI=1S/C23H29N3O2S2/c1-17-7-5-8-20-22(17)24-23(30-20)26(15-6-14-25(2)3)21(27)13-16-29-19-11-9-18(28-4)10-12-19/h5,7-12H,6,13-16H2,1-4H3. The Morgan fingerprint density at radius 1 is 1.13 bits per heavy atom. The SMILES string of the molecule is COc1ccc(SCCC(=O)N(CCCN(C)C)c2nc3c(C)cccc3s2)cc1. The molecule has 0 aliphatic rings. The number of thiazole rings is 1. The van der Waals surface area contributed by atoms with Crippen molar-refractivity contribution in [3.63, 3.8) is 0 Å². The van der Waals surface area contributed by atoms with Crippen LogP contribution in [0.15, 0.2) is 47.4 Å². The summed E-state index contributed by atoms with van der Waals surface area (Å²) >= 11 is 3.29. The number of aryl methyl sites for hydroxylation is 1. The number of hydrogen-bond donors (Lipinski definition) is 0. The molecular weight excluding hydrogens is 414 g/mol. The first-order chi connectivity index (χ1) is 14.5. The van der Waals surface area contributed by atoms with Gasteiger partial charge < -0.3 is 9.64 Å². The molecule has 1 heterocycles. The van der Waals surface area contributed by atoms with E-state index in [9.17, 15) is 4.79 Å². The maximum Gasteiger partial charge on any atom is 0.229 e. The number of amides is 1. The van der Waals surface area contributed by atoms with Crippen LogP contribution in [0.25, 0.3) is 10.2 Å². The van der Waals surface area contributed by atoms with E-state index < -0.39 is 0 Å². The monoisotopic (exact) mass is 443 g/mol. The van der Waals surface area contributed by atoms with Crippen molar-refractivity contribution < 1.29 is 9.53 Å². The number of methoxy groups -OCH3 is 1. The van der Waals surface area contributed by atoms with Gasteiger partial charge in [0.05, 0.1) is 17.3 Å². The van der Waals surface area contributed by atoms with Crippen molar-refractivity contribution in [1.29, 1.82) is 0 Å². The lowest BCUT2D eigenvalue weighted by Crippen LogP contribution is -2.33. The van der Waals surface area contributed by atoms with Gasteiger partial charge >= 0.3 is 0 Å². The van der Waals surface area contributed by atoms with Crippen molar-refractivity contribution >= 4 is 44.4 Å². The normalized spacial score (nSPS) is 11.2. The zero-order valence-electron chi connectivity index (χ0n) is 18.1. The third-order valence-electron chi connectivity index (χ3n) is 4.77. The predicted molar refractivity (Wildman–Crippen MR) is 128 cm³/mol. The van der Waals surface area contributed by atoms with Crippen LogP contribution in [0.3, 0.4) is 0 Å². The maximum atomic E-state index is 13.1. The van der Waals surface area contributed by atoms with E-state index in [1.807, 2.05) is 35.2 Å². The summed E-state index contributed by atoms with van der Waals surface area (Å²) in [5, 5.41) is 0.803. The van der Waals surface area contributed by atoms with Gasteiger partial charge in [0.15, 0.2) is 5.13 Å². The Labute approximate surface area is 187 Å². The number of para-hydroxylation sites is 1. The highest BCUT2D eigenvalue weighted by atomic mass is 32.2. The molecule has 0 atom stereocenters. The number of benzene rings is 2. The highest BCUT2D eigenvalue weighted by Gasteiger charge is 2.20. The average Bonchev–Trinajstić information content (AvgIpc) is 3.16. The summed E-state index contributed by atoms with van der Waals surface area (Å²) in [6, 6.07) is 14.1. The Balaban J connectivity index is 1.68. The zero-order chi connectivity index (χ0) is 21.5. The minimum Gasteiger partial charge on any atom is -0.497 e. The van der Waals surface area contributed by atoms with Gasteiger partial charge in [0.1, 0.15) is 5.75 Å². The van der Waals surface area contributed by atoms with Crippen LogP contribution >= 0.6 is 23.1 Å². The molecule has 7 heteroatoms. The quantitative estimate of drug-likeness (QED) is 0.409. The van der Waals surface area contributed by atoms with E-state index >= 15 is 0 Å². The van der Waals surface area contributed by atoms with E-state index in [2.05, 4.69) is 38.1 Å². The molecule has 0 aliphatic carbocycles. The number of anilines is 1. The maximum absolute atomic E-state index is 13.1. The topological polar surface area (TPSA) is 45.7 Å². The fourth-order valence-corrected chi connectivity index (χ4v) is 5.05. The molecular formula is C23H29N3O2S2.